The molecule has 0 spiro atoms. The van der Waals surface area contributed by atoms with Gasteiger partial charge in [0.2, 0.25) is 0 Å². The minimum absolute atomic E-state index is 0.0201. The van der Waals surface area contributed by atoms with Gasteiger partial charge in [-0.1, -0.05) is 12.2 Å². The van der Waals surface area contributed by atoms with E-state index >= 15 is 0 Å². The number of hydrogen-bond donors (Lipinski definition) is 2. The molecule has 0 aliphatic heterocycles. The maximum atomic E-state index is 13.5. The largest absolute Gasteiger partial charge is 0.389 e. The highest BCUT2D eigenvalue weighted by molar-refractivity contribution is 7.80. The molecule has 0 aliphatic carbocycles. The second-order valence-corrected chi connectivity index (χ2v) is 4.58. The summed E-state index contributed by atoms with van der Waals surface area (Å²) in [7, 11) is 0. The van der Waals surface area contributed by atoms with Crippen LogP contribution in [0.1, 0.15) is 11.1 Å². The minimum atomic E-state index is -0.531. The molecular formula is C14H11F3N2S. The average molecular weight is 296 g/mol. The van der Waals surface area contributed by atoms with Crippen molar-refractivity contribution in [1.29, 1.82) is 0 Å². The zero-order chi connectivity index (χ0) is 14.7. The predicted octanol–water partition coefficient (Wildman–Crippen LogP) is 3.35. The lowest BCUT2D eigenvalue weighted by Crippen LogP contribution is -2.14. The second-order valence-electron chi connectivity index (χ2n) is 4.14. The minimum Gasteiger partial charge on any atom is -0.389 e. The van der Waals surface area contributed by atoms with Gasteiger partial charge < -0.3 is 11.1 Å². The van der Waals surface area contributed by atoms with Crippen molar-refractivity contribution >= 4 is 22.9 Å². The number of nitrogens with one attached hydrogen (secondary N) is 1. The standard InChI is InChI=1S/C14H11F3N2S/c15-9-1-3-12(17)8(5-9)7-19-13-4-2-10(16)6-11(13)14(18)20/h1-6,19H,7H2,(H2,18,20). The van der Waals surface area contributed by atoms with Gasteiger partial charge in [-0.3, -0.25) is 0 Å². The van der Waals surface area contributed by atoms with E-state index in [1.54, 1.807) is 0 Å². The van der Waals surface area contributed by atoms with Gasteiger partial charge in [-0.2, -0.15) is 0 Å². The van der Waals surface area contributed by atoms with Gasteiger partial charge in [0.25, 0.3) is 0 Å². The zero-order valence-electron chi connectivity index (χ0n) is 10.3. The van der Waals surface area contributed by atoms with Crippen LogP contribution in [0.2, 0.25) is 0 Å². The maximum absolute atomic E-state index is 13.5. The molecule has 0 aromatic heterocycles. The molecule has 20 heavy (non-hydrogen) atoms. The highest BCUT2D eigenvalue weighted by atomic mass is 32.1. The van der Waals surface area contributed by atoms with Crippen LogP contribution in [0.4, 0.5) is 18.9 Å². The van der Waals surface area contributed by atoms with E-state index in [2.05, 4.69) is 5.32 Å². The summed E-state index contributed by atoms with van der Waals surface area (Å²) in [5, 5.41) is 2.87. The number of nitrogens with two attached hydrogens (primary N) is 1. The van der Waals surface area contributed by atoms with Crippen molar-refractivity contribution in [2.24, 2.45) is 5.73 Å². The normalized spacial score (nSPS) is 10.3. The van der Waals surface area contributed by atoms with Crippen LogP contribution < -0.4 is 11.1 Å². The smallest absolute Gasteiger partial charge is 0.128 e. The van der Waals surface area contributed by atoms with Gasteiger partial charge in [-0.25, -0.2) is 13.2 Å². The first-order valence-corrected chi connectivity index (χ1v) is 6.15. The Morgan fingerprint density at radius 1 is 1.05 bits per heavy atom. The van der Waals surface area contributed by atoms with Crippen molar-refractivity contribution in [3.63, 3.8) is 0 Å². The van der Waals surface area contributed by atoms with E-state index in [-0.39, 0.29) is 17.1 Å². The molecule has 0 radical (unpaired) electrons. The summed E-state index contributed by atoms with van der Waals surface area (Å²) >= 11 is 4.82. The van der Waals surface area contributed by atoms with Crippen molar-refractivity contribution in [3.8, 4) is 0 Å². The molecule has 3 N–H and O–H groups in total. The molecule has 0 saturated heterocycles. The van der Waals surface area contributed by atoms with Crippen LogP contribution in [-0.4, -0.2) is 4.99 Å². The molecule has 0 fully saturated rings. The molecule has 2 aromatic carbocycles. The van der Waals surface area contributed by atoms with Crippen molar-refractivity contribution in [3.05, 3.63) is 65.0 Å². The highest BCUT2D eigenvalue weighted by Crippen LogP contribution is 2.19. The molecule has 2 rings (SSSR count). The lowest BCUT2D eigenvalue weighted by atomic mass is 10.1. The molecule has 0 saturated carbocycles. The first-order valence-electron chi connectivity index (χ1n) is 5.74. The van der Waals surface area contributed by atoms with Crippen molar-refractivity contribution in [1.82, 2.24) is 0 Å². The van der Waals surface area contributed by atoms with Gasteiger partial charge in [-0.15, -0.1) is 0 Å². The monoisotopic (exact) mass is 296 g/mol. The summed E-state index contributed by atoms with van der Waals surface area (Å²) in [5.74, 6) is -1.54. The Bertz CT molecular complexity index is 659. The fraction of sp³-hybridized carbons (Fsp3) is 0.0714. The maximum Gasteiger partial charge on any atom is 0.128 e. The highest BCUT2D eigenvalue weighted by Gasteiger charge is 2.08. The van der Waals surface area contributed by atoms with Crippen LogP contribution in [0.5, 0.6) is 0 Å². The average Bonchev–Trinajstić information content (AvgIpc) is 2.40. The van der Waals surface area contributed by atoms with Gasteiger partial charge in [-0.05, 0) is 36.4 Å². The first kappa shape index (κ1) is 14.3. The Morgan fingerprint density at radius 2 is 1.70 bits per heavy atom. The molecule has 6 heteroatoms. The van der Waals surface area contributed by atoms with Gasteiger partial charge >= 0.3 is 0 Å². The third-order valence-electron chi connectivity index (χ3n) is 2.72. The Balaban J connectivity index is 2.23. The first-order chi connectivity index (χ1) is 9.47. The molecule has 0 heterocycles. The number of halogens is 3. The molecule has 0 amide bonds. The molecule has 0 aliphatic rings. The molecule has 0 bridgehead atoms. The summed E-state index contributed by atoms with van der Waals surface area (Å²) in [6.45, 7) is 0.0326. The van der Waals surface area contributed by atoms with E-state index in [1.807, 2.05) is 0 Å². The number of anilines is 1. The van der Waals surface area contributed by atoms with Crippen LogP contribution >= 0.6 is 12.2 Å². The van der Waals surface area contributed by atoms with E-state index in [0.717, 1.165) is 18.2 Å². The van der Waals surface area contributed by atoms with E-state index in [1.165, 1.54) is 18.2 Å². The van der Waals surface area contributed by atoms with Gasteiger partial charge in [0.1, 0.15) is 22.4 Å². The van der Waals surface area contributed by atoms with E-state index in [4.69, 9.17) is 18.0 Å². The van der Waals surface area contributed by atoms with Gasteiger partial charge in [0.05, 0.1) is 0 Å². The lowest BCUT2D eigenvalue weighted by Gasteiger charge is -2.12. The Kier molecular flexibility index (Phi) is 4.24. The summed E-state index contributed by atoms with van der Waals surface area (Å²) in [6, 6.07) is 7.04. The second kappa shape index (κ2) is 5.92. The Labute approximate surface area is 119 Å². The van der Waals surface area contributed by atoms with Crippen molar-refractivity contribution < 1.29 is 13.2 Å². The Morgan fingerprint density at radius 3 is 2.40 bits per heavy atom. The molecule has 0 atom stereocenters. The zero-order valence-corrected chi connectivity index (χ0v) is 11.1. The number of hydrogen-bond acceptors (Lipinski definition) is 2. The Hall–Kier alpha value is -2.08. The molecule has 2 nitrogen and oxygen atoms in total. The molecule has 2 aromatic rings. The van der Waals surface area contributed by atoms with Gasteiger partial charge in [0, 0.05) is 23.4 Å². The van der Waals surface area contributed by atoms with Crippen LogP contribution in [0.3, 0.4) is 0 Å². The fourth-order valence-electron chi connectivity index (χ4n) is 1.74. The van der Waals surface area contributed by atoms with Crippen LogP contribution in [0.25, 0.3) is 0 Å². The number of benzene rings is 2. The number of rotatable bonds is 4. The molecular weight excluding hydrogens is 285 g/mol. The molecule has 104 valence electrons. The third kappa shape index (κ3) is 3.27. The SMILES string of the molecule is NC(=S)c1cc(F)ccc1NCc1cc(F)ccc1F. The quantitative estimate of drug-likeness (QED) is 0.850. The van der Waals surface area contributed by atoms with E-state index < -0.39 is 17.5 Å². The molecule has 0 unspecified atom stereocenters. The van der Waals surface area contributed by atoms with Crippen LogP contribution in [-0.2, 0) is 6.54 Å². The number of thiocarbonyl (C=S) groups is 1. The third-order valence-corrected chi connectivity index (χ3v) is 2.94. The fourth-order valence-corrected chi connectivity index (χ4v) is 1.91. The van der Waals surface area contributed by atoms with Crippen molar-refractivity contribution in [2.45, 2.75) is 6.54 Å². The topological polar surface area (TPSA) is 38.0 Å². The van der Waals surface area contributed by atoms with Crippen molar-refractivity contribution in [2.75, 3.05) is 5.32 Å². The lowest BCUT2D eigenvalue weighted by molar-refractivity contribution is 0.587. The van der Waals surface area contributed by atoms with Crippen LogP contribution in [0.15, 0.2) is 36.4 Å². The summed E-state index contributed by atoms with van der Waals surface area (Å²) in [6.07, 6.45) is 0. The van der Waals surface area contributed by atoms with E-state index in [0.29, 0.717) is 11.3 Å². The van der Waals surface area contributed by atoms with Crippen LogP contribution in [0, 0.1) is 17.5 Å². The summed E-state index contributed by atoms with van der Waals surface area (Å²) in [4.78, 5) is 0.0201. The predicted molar refractivity (Wildman–Crippen MR) is 76.0 cm³/mol. The van der Waals surface area contributed by atoms with E-state index in [9.17, 15) is 13.2 Å². The summed E-state index contributed by atoms with van der Waals surface area (Å²) in [5.41, 5.74) is 6.43. The summed E-state index contributed by atoms with van der Waals surface area (Å²) < 4.78 is 39.7. The van der Waals surface area contributed by atoms with Gasteiger partial charge in [0.15, 0.2) is 0 Å².